The maximum Gasteiger partial charge on any atom is 0.0663 e. The molecule has 58 valence electrons. The van der Waals surface area contributed by atoms with Crippen LogP contribution < -0.4 is 10.9 Å². The van der Waals surface area contributed by atoms with Crippen LogP contribution in [0, 0.1) is 23.2 Å². The van der Waals surface area contributed by atoms with Crippen LogP contribution in [0.1, 0.15) is 12.8 Å². The van der Waals surface area contributed by atoms with Crippen LogP contribution in [0.3, 0.4) is 0 Å². The number of hydrogen-bond acceptors (Lipinski definition) is 3. The summed E-state index contributed by atoms with van der Waals surface area (Å²) in [6.45, 7) is 0.907. The summed E-state index contributed by atoms with van der Waals surface area (Å²) in [6.07, 6.45) is 4.26. The number of allylic oxidation sites excluding steroid dienone is 1. The molecule has 0 aromatic carbocycles. The first kappa shape index (κ1) is 6.68. The number of fused-ring (bicyclic) bond motifs is 1. The van der Waals surface area contributed by atoms with E-state index >= 15 is 0 Å². The second-order valence-electron chi connectivity index (χ2n) is 3.08. The molecule has 2 atom stereocenters. The van der Waals surface area contributed by atoms with Gasteiger partial charge in [-0.1, -0.05) is 6.08 Å². The summed E-state index contributed by atoms with van der Waals surface area (Å²) in [6, 6.07) is 2.35. The van der Waals surface area contributed by atoms with Crippen LogP contribution in [0.5, 0.6) is 0 Å². The van der Waals surface area contributed by atoms with Crippen LogP contribution in [0.2, 0.25) is 0 Å². The highest BCUT2D eigenvalue weighted by Gasteiger charge is 2.31. The van der Waals surface area contributed by atoms with Crippen LogP contribution in [0.15, 0.2) is 11.8 Å². The number of nitrogens with one attached hydrogen (secondary N) is 2. The molecule has 2 aliphatic rings. The molecule has 1 heterocycles. The highest BCUT2D eigenvalue weighted by molar-refractivity contribution is 5.16. The Morgan fingerprint density at radius 3 is 3.36 bits per heavy atom. The molecule has 0 aromatic heterocycles. The number of nitriles is 1. The van der Waals surface area contributed by atoms with E-state index in [1.807, 2.05) is 0 Å². The smallest absolute Gasteiger partial charge is 0.0663 e. The van der Waals surface area contributed by atoms with Gasteiger partial charge in [0.2, 0.25) is 0 Å². The third-order valence-electron chi connectivity index (χ3n) is 2.45. The molecule has 2 N–H and O–H groups in total. The van der Waals surface area contributed by atoms with Crippen molar-refractivity contribution in [2.45, 2.75) is 12.8 Å². The van der Waals surface area contributed by atoms with Crippen molar-refractivity contribution in [3.05, 3.63) is 11.8 Å². The van der Waals surface area contributed by atoms with Gasteiger partial charge in [0.25, 0.3) is 0 Å². The monoisotopic (exact) mass is 149 g/mol. The van der Waals surface area contributed by atoms with Crippen molar-refractivity contribution in [3.63, 3.8) is 0 Å². The average molecular weight is 149 g/mol. The number of hydrogen-bond donors (Lipinski definition) is 2. The molecule has 1 aliphatic carbocycles. The minimum atomic E-state index is 0.220. The standard InChI is InChI=1S/C8H11N3/c9-4-6-2-1-3-8-7(6)5-10-11-8/h3,6-7,10-11H,1-2,5H2. The zero-order chi connectivity index (χ0) is 7.68. The molecule has 0 saturated carbocycles. The number of hydrazine groups is 1. The largest absolute Gasteiger partial charge is 0.326 e. The summed E-state index contributed by atoms with van der Waals surface area (Å²) in [5.41, 5.74) is 7.37. The quantitative estimate of drug-likeness (QED) is 0.528. The van der Waals surface area contributed by atoms with Crippen molar-refractivity contribution in [2.75, 3.05) is 6.54 Å². The summed E-state index contributed by atoms with van der Waals surface area (Å²) in [7, 11) is 0. The topological polar surface area (TPSA) is 47.9 Å². The molecule has 2 unspecified atom stereocenters. The molecule has 1 saturated heterocycles. The van der Waals surface area contributed by atoms with Gasteiger partial charge in [-0.05, 0) is 12.8 Å². The summed E-state index contributed by atoms with van der Waals surface area (Å²) >= 11 is 0. The highest BCUT2D eigenvalue weighted by Crippen LogP contribution is 2.29. The lowest BCUT2D eigenvalue weighted by Gasteiger charge is -2.20. The van der Waals surface area contributed by atoms with E-state index in [9.17, 15) is 0 Å². The molecule has 0 spiro atoms. The van der Waals surface area contributed by atoms with Gasteiger partial charge in [-0.25, -0.2) is 5.43 Å². The Balaban J connectivity index is 2.20. The second kappa shape index (κ2) is 2.55. The van der Waals surface area contributed by atoms with Gasteiger partial charge in [-0.15, -0.1) is 0 Å². The van der Waals surface area contributed by atoms with Crippen molar-refractivity contribution in [2.24, 2.45) is 11.8 Å². The Bertz CT molecular complexity index is 226. The van der Waals surface area contributed by atoms with Crippen LogP contribution in [-0.2, 0) is 0 Å². The third kappa shape index (κ3) is 0.997. The molecule has 0 aromatic rings. The highest BCUT2D eigenvalue weighted by atomic mass is 15.4. The number of rotatable bonds is 0. The molecule has 0 radical (unpaired) electrons. The molecule has 3 heteroatoms. The predicted molar refractivity (Wildman–Crippen MR) is 41.0 cm³/mol. The lowest BCUT2D eigenvalue weighted by atomic mass is 9.83. The van der Waals surface area contributed by atoms with Crippen LogP contribution >= 0.6 is 0 Å². The lowest BCUT2D eigenvalue weighted by Crippen LogP contribution is -2.20. The lowest BCUT2D eigenvalue weighted by molar-refractivity contribution is 0.443. The van der Waals surface area contributed by atoms with E-state index in [1.54, 1.807) is 0 Å². The summed E-state index contributed by atoms with van der Waals surface area (Å²) in [5.74, 6) is 0.645. The maximum absolute atomic E-state index is 8.81. The average Bonchev–Trinajstić information content (AvgIpc) is 2.50. The molecule has 0 bridgehead atoms. The van der Waals surface area contributed by atoms with Crippen molar-refractivity contribution >= 4 is 0 Å². The maximum atomic E-state index is 8.81. The van der Waals surface area contributed by atoms with Crippen molar-refractivity contribution in [1.29, 1.82) is 5.26 Å². The van der Waals surface area contributed by atoms with Crippen LogP contribution in [0.4, 0.5) is 0 Å². The molecule has 0 amide bonds. The second-order valence-corrected chi connectivity index (χ2v) is 3.08. The van der Waals surface area contributed by atoms with E-state index in [-0.39, 0.29) is 5.92 Å². The number of nitrogens with zero attached hydrogens (tertiary/aromatic N) is 1. The van der Waals surface area contributed by atoms with Gasteiger partial charge < -0.3 is 5.43 Å². The van der Waals surface area contributed by atoms with E-state index in [4.69, 9.17) is 5.26 Å². The van der Waals surface area contributed by atoms with E-state index in [0.717, 1.165) is 19.4 Å². The van der Waals surface area contributed by atoms with Gasteiger partial charge in [-0.3, -0.25) is 0 Å². The SMILES string of the molecule is N#CC1CCC=C2NNCC21. The minimum absolute atomic E-state index is 0.220. The zero-order valence-electron chi connectivity index (χ0n) is 6.30. The predicted octanol–water partition coefficient (Wildman–Crippen LogP) is 0.528. The van der Waals surface area contributed by atoms with Gasteiger partial charge in [0.05, 0.1) is 12.0 Å². The summed E-state index contributed by atoms with van der Waals surface area (Å²) in [5, 5.41) is 8.81. The fourth-order valence-electron chi connectivity index (χ4n) is 1.80. The van der Waals surface area contributed by atoms with E-state index in [1.165, 1.54) is 5.70 Å². The first-order valence-corrected chi connectivity index (χ1v) is 4.00. The summed E-state index contributed by atoms with van der Waals surface area (Å²) < 4.78 is 0. The molecule has 1 aliphatic heterocycles. The normalized spacial score (nSPS) is 35.0. The van der Waals surface area contributed by atoms with Crippen molar-refractivity contribution in [3.8, 4) is 6.07 Å². The Morgan fingerprint density at radius 2 is 2.55 bits per heavy atom. The van der Waals surface area contributed by atoms with Crippen LogP contribution in [-0.4, -0.2) is 6.54 Å². The van der Waals surface area contributed by atoms with Gasteiger partial charge in [-0.2, -0.15) is 5.26 Å². The molecule has 1 fully saturated rings. The van der Waals surface area contributed by atoms with E-state index in [0.29, 0.717) is 5.92 Å². The summed E-state index contributed by atoms with van der Waals surface area (Å²) in [4.78, 5) is 0. The Labute approximate surface area is 66.1 Å². The third-order valence-corrected chi connectivity index (χ3v) is 2.45. The Hall–Kier alpha value is -1.01. The molecular formula is C8H11N3. The zero-order valence-corrected chi connectivity index (χ0v) is 6.30. The van der Waals surface area contributed by atoms with Gasteiger partial charge in [0.1, 0.15) is 0 Å². The van der Waals surface area contributed by atoms with Crippen molar-refractivity contribution in [1.82, 2.24) is 10.9 Å². The molecule has 2 rings (SSSR count). The van der Waals surface area contributed by atoms with Gasteiger partial charge >= 0.3 is 0 Å². The Kier molecular flexibility index (Phi) is 1.55. The fraction of sp³-hybridized carbons (Fsp3) is 0.625. The molecular weight excluding hydrogens is 138 g/mol. The van der Waals surface area contributed by atoms with Gasteiger partial charge in [0, 0.05) is 18.2 Å². The van der Waals surface area contributed by atoms with E-state index in [2.05, 4.69) is 23.0 Å². The Morgan fingerprint density at radius 1 is 1.64 bits per heavy atom. The first-order chi connectivity index (χ1) is 5.42. The first-order valence-electron chi connectivity index (χ1n) is 4.00. The van der Waals surface area contributed by atoms with Crippen LogP contribution in [0.25, 0.3) is 0 Å². The van der Waals surface area contributed by atoms with E-state index < -0.39 is 0 Å². The fourth-order valence-corrected chi connectivity index (χ4v) is 1.80. The van der Waals surface area contributed by atoms with Crippen molar-refractivity contribution < 1.29 is 0 Å². The molecule has 11 heavy (non-hydrogen) atoms. The van der Waals surface area contributed by atoms with Gasteiger partial charge in [0.15, 0.2) is 0 Å². The molecule has 3 nitrogen and oxygen atoms in total. The minimum Gasteiger partial charge on any atom is -0.326 e.